The number of esters is 1. The number of hydrogen-bond acceptors (Lipinski definition) is 4. The van der Waals surface area contributed by atoms with Gasteiger partial charge in [0.15, 0.2) is 0 Å². The van der Waals surface area contributed by atoms with Gasteiger partial charge in [0, 0.05) is 0 Å². The monoisotopic (exact) mass is 327 g/mol. The standard InChI is InChI=1S/C19H21NO4/c1-19(2,3)24-17(21)15-11-7-8-12-16(15)20-18(22)23-13-14-9-5-4-6-10-14/h4-12H,13H2,1-3H3,(H,20,22). The Morgan fingerprint density at radius 3 is 2.25 bits per heavy atom. The van der Waals surface area contributed by atoms with Crippen LogP contribution in [0.1, 0.15) is 36.7 Å². The minimum Gasteiger partial charge on any atom is -0.456 e. The Balaban J connectivity index is 2.01. The quantitative estimate of drug-likeness (QED) is 0.846. The van der Waals surface area contributed by atoms with Gasteiger partial charge in [-0.15, -0.1) is 0 Å². The van der Waals surface area contributed by atoms with Crippen molar-refractivity contribution < 1.29 is 19.1 Å². The molecule has 0 unspecified atom stereocenters. The van der Waals surface area contributed by atoms with Gasteiger partial charge in [0.2, 0.25) is 0 Å². The summed E-state index contributed by atoms with van der Waals surface area (Å²) in [6.45, 7) is 5.51. The van der Waals surface area contributed by atoms with Gasteiger partial charge in [0.1, 0.15) is 12.2 Å². The van der Waals surface area contributed by atoms with Gasteiger partial charge in [0.25, 0.3) is 0 Å². The summed E-state index contributed by atoms with van der Waals surface area (Å²) < 4.78 is 10.5. The first kappa shape index (κ1) is 17.5. The molecule has 2 aromatic carbocycles. The average Bonchev–Trinajstić information content (AvgIpc) is 2.53. The lowest BCUT2D eigenvalue weighted by molar-refractivity contribution is 0.00708. The fourth-order valence-electron chi connectivity index (χ4n) is 1.97. The maximum absolute atomic E-state index is 12.2. The molecule has 0 radical (unpaired) electrons. The molecule has 126 valence electrons. The first-order chi connectivity index (χ1) is 11.3. The maximum Gasteiger partial charge on any atom is 0.411 e. The highest BCUT2D eigenvalue weighted by atomic mass is 16.6. The highest BCUT2D eigenvalue weighted by Gasteiger charge is 2.21. The van der Waals surface area contributed by atoms with E-state index in [1.54, 1.807) is 45.0 Å². The molecule has 0 saturated carbocycles. The van der Waals surface area contributed by atoms with Gasteiger partial charge >= 0.3 is 12.1 Å². The maximum atomic E-state index is 12.2. The van der Waals surface area contributed by atoms with Crippen molar-refractivity contribution in [2.24, 2.45) is 0 Å². The van der Waals surface area contributed by atoms with Crippen molar-refractivity contribution in [1.29, 1.82) is 0 Å². The van der Waals surface area contributed by atoms with E-state index >= 15 is 0 Å². The molecule has 0 fully saturated rings. The number of carbonyl (C=O) groups excluding carboxylic acids is 2. The summed E-state index contributed by atoms with van der Waals surface area (Å²) in [5.74, 6) is -0.499. The topological polar surface area (TPSA) is 64.6 Å². The van der Waals surface area contributed by atoms with Crippen LogP contribution in [0.15, 0.2) is 54.6 Å². The summed E-state index contributed by atoms with van der Waals surface area (Å²) in [7, 11) is 0. The summed E-state index contributed by atoms with van der Waals surface area (Å²) in [5, 5.41) is 2.59. The van der Waals surface area contributed by atoms with E-state index in [0.29, 0.717) is 5.69 Å². The van der Waals surface area contributed by atoms with Gasteiger partial charge in [0.05, 0.1) is 11.3 Å². The molecule has 0 atom stereocenters. The summed E-state index contributed by atoms with van der Waals surface area (Å²) in [5.41, 5.74) is 0.903. The van der Waals surface area contributed by atoms with Crippen LogP contribution in [0.2, 0.25) is 0 Å². The molecular weight excluding hydrogens is 306 g/mol. The van der Waals surface area contributed by atoms with Crippen molar-refractivity contribution >= 4 is 17.7 Å². The number of anilines is 1. The van der Waals surface area contributed by atoms with Crippen LogP contribution in [0.3, 0.4) is 0 Å². The molecular formula is C19H21NO4. The predicted molar refractivity (Wildman–Crippen MR) is 91.9 cm³/mol. The number of amides is 1. The van der Waals surface area contributed by atoms with Crippen LogP contribution in [0.25, 0.3) is 0 Å². The van der Waals surface area contributed by atoms with Gasteiger partial charge in [-0.25, -0.2) is 9.59 Å². The van der Waals surface area contributed by atoms with Crippen LogP contribution in [-0.2, 0) is 16.1 Å². The zero-order valence-electron chi connectivity index (χ0n) is 14.0. The van der Waals surface area contributed by atoms with Crippen LogP contribution >= 0.6 is 0 Å². The molecule has 0 bridgehead atoms. The van der Waals surface area contributed by atoms with E-state index in [-0.39, 0.29) is 12.2 Å². The number of rotatable bonds is 4. The molecule has 0 aliphatic heterocycles. The zero-order valence-corrected chi connectivity index (χ0v) is 14.0. The van der Waals surface area contributed by atoms with Crippen LogP contribution in [-0.4, -0.2) is 17.7 Å². The molecule has 0 heterocycles. The van der Waals surface area contributed by atoms with Crippen molar-refractivity contribution in [3.05, 3.63) is 65.7 Å². The number of carbonyl (C=O) groups is 2. The molecule has 0 saturated heterocycles. The summed E-state index contributed by atoms with van der Waals surface area (Å²) in [6.07, 6.45) is -0.630. The van der Waals surface area contributed by atoms with Crippen molar-refractivity contribution in [3.63, 3.8) is 0 Å². The molecule has 1 amide bonds. The van der Waals surface area contributed by atoms with E-state index < -0.39 is 17.7 Å². The smallest absolute Gasteiger partial charge is 0.411 e. The normalized spacial score (nSPS) is 10.8. The van der Waals surface area contributed by atoms with Gasteiger partial charge in [-0.05, 0) is 38.5 Å². The zero-order chi connectivity index (χ0) is 17.6. The van der Waals surface area contributed by atoms with Gasteiger partial charge in [-0.3, -0.25) is 5.32 Å². The highest BCUT2D eigenvalue weighted by molar-refractivity contribution is 5.99. The predicted octanol–water partition coefficient (Wildman–Crippen LogP) is 4.39. The average molecular weight is 327 g/mol. The van der Waals surface area contributed by atoms with E-state index in [1.807, 2.05) is 30.3 Å². The minimum absolute atomic E-state index is 0.154. The second-order valence-electron chi connectivity index (χ2n) is 6.23. The van der Waals surface area contributed by atoms with Gasteiger partial charge in [-0.2, -0.15) is 0 Å². The largest absolute Gasteiger partial charge is 0.456 e. The number of para-hydroxylation sites is 1. The van der Waals surface area contributed by atoms with E-state index in [1.165, 1.54) is 0 Å². The van der Waals surface area contributed by atoms with Crippen LogP contribution < -0.4 is 5.32 Å². The van der Waals surface area contributed by atoms with Gasteiger partial charge in [-0.1, -0.05) is 42.5 Å². The Morgan fingerprint density at radius 1 is 0.958 bits per heavy atom. The van der Waals surface area contributed by atoms with Crippen molar-refractivity contribution in [1.82, 2.24) is 0 Å². The Kier molecular flexibility index (Phi) is 5.58. The SMILES string of the molecule is CC(C)(C)OC(=O)c1ccccc1NC(=O)OCc1ccccc1. The fourth-order valence-corrected chi connectivity index (χ4v) is 1.97. The van der Waals surface area contributed by atoms with Crippen LogP contribution in [0.5, 0.6) is 0 Å². The summed E-state index contributed by atoms with van der Waals surface area (Å²) in [4.78, 5) is 24.2. The van der Waals surface area contributed by atoms with Crippen molar-refractivity contribution in [2.45, 2.75) is 33.0 Å². The molecule has 2 rings (SSSR count). The molecule has 1 N–H and O–H groups in total. The lowest BCUT2D eigenvalue weighted by Gasteiger charge is -2.20. The van der Waals surface area contributed by atoms with E-state index in [9.17, 15) is 9.59 Å². The third-order valence-electron chi connectivity index (χ3n) is 3.00. The van der Waals surface area contributed by atoms with Gasteiger partial charge < -0.3 is 9.47 Å². The first-order valence-electron chi connectivity index (χ1n) is 7.65. The Morgan fingerprint density at radius 2 is 1.58 bits per heavy atom. The summed E-state index contributed by atoms with van der Waals surface area (Å²) >= 11 is 0. The van der Waals surface area contributed by atoms with E-state index in [0.717, 1.165) is 5.56 Å². The molecule has 0 aliphatic rings. The second-order valence-corrected chi connectivity index (χ2v) is 6.23. The van der Waals surface area contributed by atoms with E-state index in [4.69, 9.17) is 9.47 Å². The van der Waals surface area contributed by atoms with E-state index in [2.05, 4.69) is 5.32 Å². The lowest BCUT2D eigenvalue weighted by atomic mass is 10.1. The molecule has 5 nitrogen and oxygen atoms in total. The van der Waals surface area contributed by atoms with Crippen molar-refractivity contribution in [3.8, 4) is 0 Å². The molecule has 0 aromatic heterocycles. The number of nitrogens with one attached hydrogen (secondary N) is 1. The second kappa shape index (κ2) is 7.64. The number of hydrogen-bond donors (Lipinski definition) is 1. The van der Waals surface area contributed by atoms with Crippen LogP contribution in [0.4, 0.5) is 10.5 Å². The third-order valence-corrected chi connectivity index (χ3v) is 3.00. The van der Waals surface area contributed by atoms with Crippen molar-refractivity contribution in [2.75, 3.05) is 5.32 Å². The summed E-state index contributed by atoms with van der Waals surface area (Å²) in [6, 6.07) is 16.0. The number of benzene rings is 2. The Hall–Kier alpha value is -2.82. The highest BCUT2D eigenvalue weighted by Crippen LogP contribution is 2.20. The minimum atomic E-state index is -0.630. The Bertz CT molecular complexity index is 705. The first-order valence-corrected chi connectivity index (χ1v) is 7.65. The molecule has 0 spiro atoms. The third kappa shape index (κ3) is 5.43. The fraction of sp³-hybridized carbons (Fsp3) is 0.263. The Labute approximate surface area is 141 Å². The molecule has 2 aromatic rings. The number of ether oxygens (including phenoxy) is 2. The van der Waals surface area contributed by atoms with Crippen LogP contribution in [0, 0.1) is 0 Å². The lowest BCUT2D eigenvalue weighted by Crippen LogP contribution is -2.25. The molecule has 5 heteroatoms. The molecule has 0 aliphatic carbocycles. The molecule has 24 heavy (non-hydrogen) atoms.